The molecule has 0 aliphatic heterocycles. The molecule has 0 saturated carbocycles. The van der Waals surface area contributed by atoms with Gasteiger partial charge in [0.05, 0.1) is 16.3 Å². The third-order valence-corrected chi connectivity index (χ3v) is 6.53. The van der Waals surface area contributed by atoms with E-state index >= 15 is 0 Å². The lowest BCUT2D eigenvalue weighted by Crippen LogP contribution is -2.38. The first-order valence-electron chi connectivity index (χ1n) is 10.4. The molecule has 0 saturated heterocycles. The van der Waals surface area contributed by atoms with Crippen LogP contribution in [0.4, 0.5) is 17.6 Å². The fraction of sp³-hybridized carbons (Fsp3) is 0.333. The first kappa shape index (κ1) is 24.9. The molecule has 33 heavy (non-hydrogen) atoms. The number of halogens is 4. The van der Waals surface area contributed by atoms with Crippen molar-refractivity contribution < 1.29 is 22.4 Å². The number of thiazole rings is 1. The summed E-state index contributed by atoms with van der Waals surface area (Å²) in [6.07, 6.45) is -3.35. The first-order chi connectivity index (χ1) is 15.6. The molecule has 0 spiro atoms. The normalized spacial score (nSPS) is 13.5. The molecule has 2 atom stereocenters. The zero-order valence-electron chi connectivity index (χ0n) is 18.5. The molecular weight excluding hydrogens is 454 g/mol. The van der Waals surface area contributed by atoms with Gasteiger partial charge in [0, 0.05) is 18.0 Å². The van der Waals surface area contributed by atoms with E-state index in [1.165, 1.54) is 42.6 Å². The van der Waals surface area contributed by atoms with E-state index in [1.807, 2.05) is 13.8 Å². The molecule has 0 bridgehead atoms. The fourth-order valence-corrected chi connectivity index (χ4v) is 4.68. The minimum absolute atomic E-state index is 0.278. The predicted molar refractivity (Wildman–Crippen MR) is 120 cm³/mol. The third kappa shape index (κ3) is 6.39. The number of nitrogens with zero attached hydrogens (tertiary/aromatic N) is 1. The highest BCUT2D eigenvalue weighted by atomic mass is 32.1. The summed E-state index contributed by atoms with van der Waals surface area (Å²) >= 11 is 1.51. The van der Waals surface area contributed by atoms with Crippen LogP contribution in [0.1, 0.15) is 50.8 Å². The maximum Gasteiger partial charge on any atom is 0.416 e. The SMILES string of the molecule is CNC(=O)[C@@H](N[C@@H](CCc1ccc(C(F)(F)F)cc1)c1sc(C)nc1C)c1ccc(F)cc1. The molecule has 4 nitrogen and oxygen atoms in total. The molecule has 0 aliphatic rings. The van der Waals surface area contributed by atoms with Crippen LogP contribution >= 0.6 is 11.3 Å². The molecule has 2 aromatic carbocycles. The third-order valence-electron chi connectivity index (χ3n) is 5.34. The highest BCUT2D eigenvalue weighted by molar-refractivity contribution is 7.11. The summed E-state index contributed by atoms with van der Waals surface area (Å²) in [5.41, 5.74) is 1.50. The van der Waals surface area contributed by atoms with Crippen molar-refractivity contribution >= 4 is 17.2 Å². The van der Waals surface area contributed by atoms with E-state index in [9.17, 15) is 22.4 Å². The number of amides is 1. The van der Waals surface area contributed by atoms with Crippen molar-refractivity contribution in [1.82, 2.24) is 15.6 Å². The summed E-state index contributed by atoms with van der Waals surface area (Å²) in [7, 11) is 1.53. The summed E-state index contributed by atoms with van der Waals surface area (Å²) in [6, 6.07) is 9.78. The number of carbonyl (C=O) groups excluding carboxylic acids is 1. The Balaban J connectivity index is 1.86. The van der Waals surface area contributed by atoms with E-state index in [2.05, 4.69) is 15.6 Å². The lowest BCUT2D eigenvalue weighted by Gasteiger charge is -2.25. The zero-order valence-corrected chi connectivity index (χ0v) is 19.3. The van der Waals surface area contributed by atoms with E-state index in [1.54, 1.807) is 12.1 Å². The number of benzene rings is 2. The molecular formula is C24H25F4N3OS. The van der Waals surface area contributed by atoms with Crippen LogP contribution in [0.25, 0.3) is 0 Å². The van der Waals surface area contributed by atoms with Gasteiger partial charge in [-0.3, -0.25) is 10.1 Å². The van der Waals surface area contributed by atoms with Crippen LogP contribution in [0.15, 0.2) is 48.5 Å². The second kappa shape index (κ2) is 10.4. The average molecular weight is 480 g/mol. The minimum Gasteiger partial charge on any atom is -0.358 e. The molecule has 3 rings (SSSR count). The Hall–Kier alpha value is -2.78. The predicted octanol–water partition coefficient (Wildman–Crippen LogP) is 5.67. The van der Waals surface area contributed by atoms with Crippen molar-refractivity contribution in [2.45, 2.75) is 44.9 Å². The number of likely N-dealkylation sites (N-methyl/N-ethyl adjacent to an activating group) is 1. The average Bonchev–Trinajstić information content (AvgIpc) is 3.11. The minimum atomic E-state index is -4.38. The molecule has 1 heterocycles. The molecule has 0 unspecified atom stereocenters. The second-order valence-electron chi connectivity index (χ2n) is 7.73. The van der Waals surface area contributed by atoms with Gasteiger partial charge in [0.1, 0.15) is 11.9 Å². The molecule has 1 amide bonds. The second-order valence-corrected chi connectivity index (χ2v) is 8.97. The van der Waals surface area contributed by atoms with Crippen LogP contribution in [0.2, 0.25) is 0 Å². The van der Waals surface area contributed by atoms with Crippen molar-refractivity contribution in [3.63, 3.8) is 0 Å². The van der Waals surface area contributed by atoms with Crippen LogP contribution in [0.5, 0.6) is 0 Å². The lowest BCUT2D eigenvalue weighted by molar-refractivity contribution is -0.137. The van der Waals surface area contributed by atoms with E-state index in [0.29, 0.717) is 18.4 Å². The van der Waals surface area contributed by atoms with E-state index in [0.717, 1.165) is 33.3 Å². The molecule has 9 heteroatoms. The number of hydrogen-bond acceptors (Lipinski definition) is 4. The Morgan fingerprint density at radius 3 is 2.21 bits per heavy atom. The highest BCUT2D eigenvalue weighted by Crippen LogP contribution is 2.32. The van der Waals surface area contributed by atoms with E-state index in [4.69, 9.17) is 0 Å². The lowest BCUT2D eigenvalue weighted by atomic mass is 9.99. The largest absolute Gasteiger partial charge is 0.416 e. The van der Waals surface area contributed by atoms with Crippen molar-refractivity contribution in [1.29, 1.82) is 0 Å². The number of rotatable bonds is 8. The molecule has 0 fully saturated rings. The Morgan fingerprint density at radius 1 is 1.06 bits per heavy atom. The zero-order chi connectivity index (χ0) is 24.2. The van der Waals surface area contributed by atoms with Crippen LogP contribution < -0.4 is 10.6 Å². The van der Waals surface area contributed by atoms with Gasteiger partial charge in [-0.25, -0.2) is 9.37 Å². The summed E-state index contributed by atoms with van der Waals surface area (Å²) < 4.78 is 52.0. The number of aromatic nitrogens is 1. The van der Waals surface area contributed by atoms with Crippen molar-refractivity contribution in [3.05, 3.63) is 86.6 Å². The summed E-state index contributed by atoms with van der Waals surface area (Å²) in [6.45, 7) is 3.78. The number of nitrogens with one attached hydrogen (secondary N) is 2. The molecule has 0 aliphatic carbocycles. The Morgan fingerprint density at radius 2 is 1.70 bits per heavy atom. The smallest absolute Gasteiger partial charge is 0.358 e. The standard InChI is InChI=1S/C24H25F4N3OS/c1-14-22(33-15(2)30-14)20(13-6-16-4-9-18(10-5-16)24(26,27)28)31-21(23(32)29-3)17-7-11-19(25)12-8-17/h4-5,7-12,20-21,31H,6,13H2,1-3H3,(H,29,32)/t20-,21-/m0/s1. The van der Waals surface area contributed by atoms with Gasteiger partial charge in [-0.1, -0.05) is 24.3 Å². The van der Waals surface area contributed by atoms with Crippen LogP contribution in [-0.4, -0.2) is 17.9 Å². The van der Waals surface area contributed by atoms with Gasteiger partial charge in [0.25, 0.3) is 0 Å². The molecule has 0 radical (unpaired) electrons. The Bertz CT molecular complexity index is 1080. The summed E-state index contributed by atoms with van der Waals surface area (Å²) in [5.74, 6) is -0.679. The van der Waals surface area contributed by atoms with Gasteiger partial charge in [0.15, 0.2) is 0 Å². The van der Waals surface area contributed by atoms with E-state index < -0.39 is 23.6 Å². The van der Waals surface area contributed by atoms with Crippen LogP contribution in [0.3, 0.4) is 0 Å². The van der Waals surface area contributed by atoms with E-state index in [-0.39, 0.29) is 11.9 Å². The van der Waals surface area contributed by atoms with Gasteiger partial charge in [-0.15, -0.1) is 11.3 Å². The topological polar surface area (TPSA) is 54.0 Å². The van der Waals surface area contributed by atoms with Gasteiger partial charge in [-0.05, 0) is 62.1 Å². The quantitative estimate of drug-likeness (QED) is 0.410. The van der Waals surface area contributed by atoms with Crippen molar-refractivity contribution in [3.8, 4) is 0 Å². The Kier molecular flexibility index (Phi) is 7.86. The number of hydrogen-bond donors (Lipinski definition) is 2. The number of alkyl halides is 3. The van der Waals surface area contributed by atoms with Gasteiger partial charge in [-0.2, -0.15) is 13.2 Å². The highest BCUT2D eigenvalue weighted by Gasteiger charge is 2.30. The van der Waals surface area contributed by atoms with Gasteiger partial charge < -0.3 is 5.32 Å². The maximum absolute atomic E-state index is 13.4. The molecule has 176 valence electrons. The van der Waals surface area contributed by atoms with Gasteiger partial charge in [0.2, 0.25) is 5.91 Å². The molecule has 3 aromatic rings. The maximum atomic E-state index is 13.4. The van der Waals surface area contributed by atoms with Gasteiger partial charge >= 0.3 is 6.18 Å². The molecule has 1 aromatic heterocycles. The van der Waals surface area contributed by atoms with Crippen molar-refractivity contribution in [2.24, 2.45) is 0 Å². The monoisotopic (exact) mass is 479 g/mol. The molecule has 2 N–H and O–H groups in total. The summed E-state index contributed by atoms with van der Waals surface area (Å²) in [5, 5.41) is 6.88. The summed E-state index contributed by atoms with van der Waals surface area (Å²) in [4.78, 5) is 18.1. The first-order valence-corrected chi connectivity index (χ1v) is 11.2. The number of carbonyl (C=O) groups is 1. The van der Waals surface area contributed by atoms with Crippen molar-refractivity contribution in [2.75, 3.05) is 7.05 Å². The van der Waals surface area contributed by atoms with Crippen LogP contribution in [-0.2, 0) is 17.4 Å². The number of aryl methyl sites for hydroxylation is 3. The fourth-order valence-electron chi connectivity index (χ4n) is 3.66. The Labute approximate surface area is 194 Å². The van der Waals surface area contributed by atoms with Crippen LogP contribution in [0, 0.1) is 19.7 Å².